The van der Waals surface area contributed by atoms with Crippen LogP contribution < -0.4 is 10.9 Å². The molecule has 0 spiro atoms. The maximum Gasteiger partial charge on any atom is 0.176 e. The summed E-state index contributed by atoms with van der Waals surface area (Å²) in [4.78, 5) is 17.7. The average Bonchev–Trinajstić information content (AvgIpc) is 3.28. The Morgan fingerprint density at radius 1 is 0.889 bits per heavy atom. The Balaban J connectivity index is 1.28. The lowest BCUT2D eigenvalue weighted by atomic mass is 10.1. The van der Waals surface area contributed by atoms with Crippen LogP contribution in [0.25, 0.3) is 0 Å². The number of nitrogens with one attached hydrogen (secondary N) is 2. The number of aliphatic imine (C=N–C) groups is 2. The summed E-state index contributed by atoms with van der Waals surface area (Å²) in [6.45, 7) is 2.22. The van der Waals surface area contributed by atoms with E-state index < -0.39 is 0 Å². The van der Waals surface area contributed by atoms with Gasteiger partial charge in [0, 0.05) is 35.8 Å². The molecule has 2 aromatic rings. The normalized spacial score (nSPS) is 24.4. The van der Waals surface area contributed by atoms with E-state index in [1.807, 2.05) is 24.8 Å². The van der Waals surface area contributed by atoms with Crippen LogP contribution in [0.1, 0.15) is 18.1 Å². The summed E-state index contributed by atoms with van der Waals surface area (Å²) in [5.74, 6) is 0.993. The fraction of sp³-hybridized carbons (Fsp3) is 0.368. The molecule has 0 saturated carbocycles. The average molecular weight is 399 g/mol. The maximum absolute atomic E-state index is 4.83. The van der Waals surface area contributed by atoms with Crippen molar-refractivity contribution in [1.29, 1.82) is 0 Å². The number of hydrogen-bond donors (Lipinski definition) is 2. The minimum atomic E-state index is 0.277. The molecular formula is C19H22N6S2. The summed E-state index contributed by atoms with van der Waals surface area (Å²) in [5, 5.41) is 2.31. The van der Waals surface area contributed by atoms with Gasteiger partial charge in [-0.15, -0.1) is 0 Å². The predicted molar refractivity (Wildman–Crippen MR) is 114 cm³/mol. The van der Waals surface area contributed by atoms with Crippen molar-refractivity contribution in [3.05, 3.63) is 60.2 Å². The van der Waals surface area contributed by atoms with Crippen molar-refractivity contribution in [2.75, 3.05) is 5.75 Å². The van der Waals surface area contributed by atoms with E-state index in [9.17, 15) is 0 Å². The minimum Gasteiger partial charge on any atom is -0.277 e. The maximum atomic E-state index is 4.83. The van der Waals surface area contributed by atoms with Crippen LogP contribution in [0.5, 0.6) is 0 Å². The van der Waals surface area contributed by atoms with Gasteiger partial charge < -0.3 is 0 Å². The van der Waals surface area contributed by atoms with E-state index in [1.165, 1.54) is 11.1 Å². The second kappa shape index (κ2) is 8.75. The Morgan fingerprint density at radius 3 is 2.22 bits per heavy atom. The highest BCUT2D eigenvalue weighted by molar-refractivity contribution is 8.15. The van der Waals surface area contributed by atoms with Crippen LogP contribution in [-0.4, -0.2) is 43.4 Å². The monoisotopic (exact) mass is 398 g/mol. The molecule has 0 fully saturated rings. The van der Waals surface area contributed by atoms with Gasteiger partial charge in [-0.05, 0) is 48.2 Å². The largest absolute Gasteiger partial charge is 0.277 e. The van der Waals surface area contributed by atoms with E-state index in [1.54, 1.807) is 23.5 Å². The topological polar surface area (TPSA) is 74.6 Å². The van der Waals surface area contributed by atoms with Crippen LogP contribution in [0.4, 0.5) is 0 Å². The molecule has 4 rings (SSSR count). The van der Waals surface area contributed by atoms with E-state index in [4.69, 9.17) is 9.98 Å². The first-order valence-electron chi connectivity index (χ1n) is 9.01. The van der Waals surface area contributed by atoms with Gasteiger partial charge in [-0.1, -0.05) is 30.4 Å². The number of hydrazine groups is 1. The highest BCUT2D eigenvalue weighted by Gasteiger charge is 2.27. The molecule has 6 nitrogen and oxygen atoms in total. The number of pyridine rings is 2. The molecule has 3 unspecified atom stereocenters. The molecule has 2 N–H and O–H groups in total. The Morgan fingerprint density at radius 2 is 1.52 bits per heavy atom. The lowest BCUT2D eigenvalue weighted by Gasteiger charge is -2.11. The zero-order valence-electron chi connectivity index (χ0n) is 15.1. The summed E-state index contributed by atoms with van der Waals surface area (Å²) in [6, 6.07) is 8.81. The highest BCUT2D eigenvalue weighted by Crippen LogP contribution is 2.27. The molecule has 2 aliphatic rings. The number of amidine groups is 2. The Hall–Kier alpha value is -2.06. The molecular weight excluding hydrogens is 376 g/mol. The van der Waals surface area contributed by atoms with Crippen molar-refractivity contribution >= 4 is 33.9 Å². The summed E-state index contributed by atoms with van der Waals surface area (Å²) in [7, 11) is 0. The number of nitrogens with zero attached hydrogens (tertiary/aromatic N) is 4. The molecule has 0 radical (unpaired) electrons. The third-order valence-corrected chi connectivity index (χ3v) is 6.67. The molecule has 8 heteroatoms. The smallest absolute Gasteiger partial charge is 0.176 e. The lowest BCUT2D eigenvalue weighted by molar-refractivity contribution is 0.671. The third-order valence-electron chi connectivity index (χ3n) is 4.53. The van der Waals surface area contributed by atoms with Crippen LogP contribution in [0.2, 0.25) is 0 Å². The number of aromatic nitrogens is 2. The van der Waals surface area contributed by atoms with Gasteiger partial charge in [0.15, 0.2) is 10.3 Å². The molecule has 0 aromatic carbocycles. The zero-order valence-corrected chi connectivity index (χ0v) is 16.7. The Labute approximate surface area is 167 Å². The van der Waals surface area contributed by atoms with E-state index in [0.29, 0.717) is 11.3 Å². The van der Waals surface area contributed by atoms with E-state index in [0.717, 1.165) is 28.9 Å². The molecule has 0 saturated heterocycles. The van der Waals surface area contributed by atoms with Crippen molar-refractivity contribution in [3.8, 4) is 0 Å². The van der Waals surface area contributed by atoms with Gasteiger partial charge in [-0.3, -0.25) is 30.8 Å². The van der Waals surface area contributed by atoms with Crippen LogP contribution in [0, 0.1) is 0 Å². The molecule has 0 amide bonds. The number of thioether (sulfide) groups is 2. The van der Waals surface area contributed by atoms with Gasteiger partial charge in [0.2, 0.25) is 0 Å². The lowest BCUT2D eigenvalue weighted by Crippen LogP contribution is -2.38. The van der Waals surface area contributed by atoms with E-state index in [-0.39, 0.29) is 6.04 Å². The van der Waals surface area contributed by atoms with Gasteiger partial charge in [-0.2, -0.15) is 0 Å². The van der Waals surface area contributed by atoms with Gasteiger partial charge in [-0.25, -0.2) is 0 Å². The van der Waals surface area contributed by atoms with Crippen molar-refractivity contribution in [2.24, 2.45) is 9.98 Å². The first-order chi connectivity index (χ1) is 13.3. The fourth-order valence-electron chi connectivity index (χ4n) is 3.06. The fourth-order valence-corrected chi connectivity index (χ4v) is 4.92. The van der Waals surface area contributed by atoms with Crippen LogP contribution in [0.15, 0.2) is 59.0 Å². The van der Waals surface area contributed by atoms with Crippen LogP contribution >= 0.6 is 23.5 Å². The van der Waals surface area contributed by atoms with Gasteiger partial charge in [0.1, 0.15) is 0 Å². The van der Waals surface area contributed by atoms with Gasteiger partial charge in [0.05, 0.1) is 12.1 Å². The first kappa shape index (κ1) is 18.3. The molecule has 0 bridgehead atoms. The molecule has 0 aliphatic carbocycles. The summed E-state index contributed by atoms with van der Waals surface area (Å²) in [5.41, 5.74) is 9.02. The second-order valence-electron chi connectivity index (χ2n) is 6.59. The SMILES string of the molecule is CC1SC(NNC2=NC(Cc3ccncc3)CS2)=NC1Cc1ccncc1. The summed E-state index contributed by atoms with van der Waals surface area (Å²) in [6.07, 6.45) is 9.23. The number of rotatable bonds is 4. The third kappa shape index (κ3) is 5.01. The Kier molecular flexibility index (Phi) is 5.94. The summed E-state index contributed by atoms with van der Waals surface area (Å²) >= 11 is 3.52. The van der Waals surface area contributed by atoms with E-state index >= 15 is 0 Å². The van der Waals surface area contributed by atoms with Gasteiger partial charge in [0.25, 0.3) is 0 Å². The standard InChI is InChI=1S/C19H22N6S2/c1-13-17(11-15-4-8-21-9-5-15)23-19(27-13)25-24-18-22-16(12-26-18)10-14-2-6-20-7-3-14/h2-9,13,16-17H,10-12H2,1H3,(H,22,24)(H,23,25). The number of hydrogen-bond acceptors (Lipinski definition) is 8. The summed E-state index contributed by atoms with van der Waals surface area (Å²) < 4.78 is 0. The van der Waals surface area contributed by atoms with Gasteiger partial charge >= 0.3 is 0 Å². The zero-order chi connectivity index (χ0) is 18.5. The first-order valence-corrected chi connectivity index (χ1v) is 10.9. The molecule has 3 atom stereocenters. The van der Waals surface area contributed by atoms with Crippen LogP contribution in [0.3, 0.4) is 0 Å². The molecule has 140 valence electrons. The van der Waals surface area contributed by atoms with E-state index in [2.05, 4.69) is 52.0 Å². The highest BCUT2D eigenvalue weighted by atomic mass is 32.2. The van der Waals surface area contributed by atoms with Crippen molar-refractivity contribution in [1.82, 2.24) is 20.8 Å². The second-order valence-corrected chi connectivity index (χ2v) is 8.97. The minimum absolute atomic E-state index is 0.277. The molecule has 27 heavy (non-hydrogen) atoms. The quantitative estimate of drug-likeness (QED) is 0.772. The Bertz CT molecular complexity index is 811. The van der Waals surface area contributed by atoms with Crippen molar-refractivity contribution in [2.45, 2.75) is 37.1 Å². The van der Waals surface area contributed by atoms with Crippen molar-refractivity contribution < 1.29 is 0 Å². The van der Waals surface area contributed by atoms with Crippen LogP contribution in [-0.2, 0) is 12.8 Å². The molecule has 4 heterocycles. The molecule has 2 aromatic heterocycles. The molecule has 2 aliphatic heterocycles. The predicted octanol–water partition coefficient (Wildman–Crippen LogP) is 2.69. The van der Waals surface area contributed by atoms with Crippen molar-refractivity contribution in [3.63, 3.8) is 0 Å².